The quantitative estimate of drug-likeness (QED) is 0.871. The normalized spacial score (nSPS) is 17.7. The van der Waals surface area contributed by atoms with E-state index in [1.54, 1.807) is 37.3 Å². The van der Waals surface area contributed by atoms with Crippen molar-refractivity contribution in [2.24, 2.45) is 0 Å². The first-order chi connectivity index (χ1) is 11.0. The molecule has 0 spiro atoms. The number of hydrogen-bond acceptors (Lipinski definition) is 4. The van der Waals surface area contributed by atoms with E-state index in [9.17, 15) is 9.59 Å². The zero-order chi connectivity index (χ0) is 16.8. The zero-order valence-electron chi connectivity index (χ0n) is 13.6. The molecule has 0 aliphatic carbocycles. The SMILES string of the molecule is COc1cc(OC)cc(C(=O)N2CCCC[C@@H]2CCC(=O)O)c1. The first-order valence-electron chi connectivity index (χ1n) is 7.81. The van der Waals surface area contributed by atoms with Crippen LogP contribution in [0.5, 0.6) is 11.5 Å². The summed E-state index contributed by atoms with van der Waals surface area (Å²) in [6.07, 6.45) is 3.38. The van der Waals surface area contributed by atoms with Crippen LogP contribution < -0.4 is 9.47 Å². The van der Waals surface area contributed by atoms with Crippen LogP contribution >= 0.6 is 0 Å². The topological polar surface area (TPSA) is 76.1 Å². The molecule has 1 aliphatic heterocycles. The van der Waals surface area contributed by atoms with Crippen LogP contribution in [-0.2, 0) is 4.79 Å². The van der Waals surface area contributed by atoms with Gasteiger partial charge in [-0.05, 0) is 37.8 Å². The Morgan fingerprint density at radius 1 is 1.17 bits per heavy atom. The van der Waals surface area contributed by atoms with Crippen LogP contribution in [0.3, 0.4) is 0 Å². The highest BCUT2D eigenvalue weighted by molar-refractivity contribution is 5.95. The third-order valence-electron chi connectivity index (χ3n) is 4.18. The summed E-state index contributed by atoms with van der Waals surface area (Å²) in [4.78, 5) is 25.5. The van der Waals surface area contributed by atoms with E-state index in [2.05, 4.69) is 0 Å². The number of hydrogen-bond donors (Lipinski definition) is 1. The minimum Gasteiger partial charge on any atom is -0.497 e. The summed E-state index contributed by atoms with van der Waals surface area (Å²) in [5, 5.41) is 8.89. The lowest BCUT2D eigenvalue weighted by atomic mass is 9.97. The first kappa shape index (κ1) is 17.1. The lowest BCUT2D eigenvalue weighted by Crippen LogP contribution is -2.44. The van der Waals surface area contributed by atoms with Crippen LogP contribution in [-0.4, -0.2) is 48.7 Å². The zero-order valence-corrected chi connectivity index (χ0v) is 13.6. The Kier molecular flexibility index (Phi) is 5.84. The number of piperidine rings is 1. The van der Waals surface area contributed by atoms with Crippen LogP contribution in [0.25, 0.3) is 0 Å². The molecule has 126 valence electrons. The number of rotatable bonds is 6. The second kappa shape index (κ2) is 7.85. The number of amides is 1. The smallest absolute Gasteiger partial charge is 0.303 e. The third-order valence-corrected chi connectivity index (χ3v) is 4.18. The molecular weight excluding hydrogens is 298 g/mol. The number of likely N-dealkylation sites (tertiary alicyclic amines) is 1. The van der Waals surface area contributed by atoms with Crippen molar-refractivity contribution in [1.82, 2.24) is 4.90 Å². The maximum atomic E-state index is 12.9. The van der Waals surface area contributed by atoms with Crippen molar-refractivity contribution < 1.29 is 24.2 Å². The summed E-state index contributed by atoms with van der Waals surface area (Å²) in [6.45, 7) is 0.655. The first-order valence-corrected chi connectivity index (χ1v) is 7.81. The van der Waals surface area contributed by atoms with Gasteiger partial charge in [-0.25, -0.2) is 0 Å². The molecule has 1 atom stereocenters. The lowest BCUT2D eigenvalue weighted by Gasteiger charge is -2.35. The Hall–Kier alpha value is -2.24. The highest BCUT2D eigenvalue weighted by Crippen LogP contribution is 2.27. The van der Waals surface area contributed by atoms with Gasteiger partial charge in [0.1, 0.15) is 11.5 Å². The van der Waals surface area contributed by atoms with Crippen molar-refractivity contribution in [3.05, 3.63) is 23.8 Å². The molecule has 1 fully saturated rings. The number of ether oxygens (including phenoxy) is 2. The molecule has 6 heteroatoms. The fourth-order valence-electron chi connectivity index (χ4n) is 2.95. The van der Waals surface area contributed by atoms with Gasteiger partial charge in [0.2, 0.25) is 0 Å². The molecule has 0 radical (unpaired) electrons. The van der Waals surface area contributed by atoms with Crippen molar-refractivity contribution in [2.45, 2.75) is 38.1 Å². The number of aliphatic carboxylic acids is 1. The van der Waals surface area contributed by atoms with E-state index in [-0.39, 0.29) is 18.4 Å². The molecule has 0 unspecified atom stereocenters. The van der Waals surface area contributed by atoms with E-state index in [0.717, 1.165) is 19.3 Å². The molecule has 1 aromatic carbocycles. The number of carboxylic acids is 1. The maximum Gasteiger partial charge on any atom is 0.303 e. The van der Waals surface area contributed by atoms with Gasteiger partial charge in [0.25, 0.3) is 5.91 Å². The monoisotopic (exact) mass is 321 g/mol. The van der Waals surface area contributed by atoms with Crippen molar-refractivity contribution in [3.63, 3.8) is 0 Å². The Morgan fingerprint density at radius 2 is 1.83 bits per heavy atom. The summed E-state index contributed by atoms with van der Waals surface area (Å²) < 4.78 is 10.4. The fourth-order valence-corrected chi connectivity index (χ4v) is 2.95. The number of carbonyl (C=O) groups excluding carboxylic acids is 1. The van der Waals surface area contributed by atoms with E-state index in [1.807, 2.05) is 0 Å². The van der Waals surface area contributed by atoms with Gasteiger partial charge in [0.15, 0.2) is 0 Å². The summed E-state index contributed by atoms with van der Waals surface area (Å²) in [6, 6.07) is 5.07. The van der Waals surface area contributed by atoms with Crippen LogP contribution in [0.4, 0.5) is 0 Å². The molecule has 1 aliphatic rings. The number of methoxy groups -OCH3 is 2. The van der Waals surface area contributed by atoms with Gasteiger partial charge < -0.3 is 19.5 Å². The largest absolute Gasteiger partial charge is 0.497 e. The van der Waals surface area contributed by atoms with Crippen LogP contribution in [0, 0.1) is 0 Å². The average Bonchev–Trinajstić information content (AvgIpc) is 2.58. The Labute approximate surface area is 136 Å². The molecule has 1 N–H and O–H groups in total. The van der Waals surface area contributed by atoms with Gasteiger partial charge in [0, 0.05) is 30.6 Å². The standard InChI is InChI=1S/C17H23NO5/c1-22-14-9-12(10-15(11-14)23-2)17(21)18-8-4-3-5-13(18)6-7-16(19)20/h9-11,13H,3-8H2,1-2H3,(H,19,20)/t13-/m1/s1. The molecule has 1 saturated heterocycles. The number of benzene rings is 1. The van der Waals surface area contributed by atoms with Gasteiger partial charge in [0.05, 0.1) is 14.2 Å². The van der Waals surface area contributed by atoms with Gasteiger partial charge >= 0.3 is 5.97 Å². The summed E-state index contributed by atoms with van der Waals surface area (Å²) in [5.41, 5.74) is 0.503. The third kappa shape index (κ3) is 4.37. The summed E-state index contributed by atoms with van der Waals surface area (Å²) >= 11 is 0. The Morgan fingerprint density at radius 3 is 2.39 bits per heavy atom. The number of nitrogens with zero attached hydrogens (tertiary/aromatic N) is 1. The highest BCUT2D eigenvalue weighted by Gasteiger charge is 2.28. The van der Waals surface area contributed by atoms with E-state index < -0.39 is 5.97 Å². The molecule has 23 heavy (non-hydrogen) atoms. The predicted molar refractivity (Wildman–Crippen MR) is 85.1 cm³/mol. The second-order valence-electron chi connectivity index (χ2n) is 5.68. The van der Waals surface area contributed by atoms with E-state index in [4.69, 9.17) is 14.6 Å². The predicted octanol–water partition coefficient (Wildman–Crippen LogP) is 2.56. The summed E-state index contributed by atoms with van der Waals surface area (Å²) in [5.74, 6) is 0.196. The minimum absolute atomic E-state index is 0.0236. The Bertz CT molecular complexity index is 550. The number of carboxylic acid groups (broad SMARTS) is 1. The molecule has 1 amide bonds. The average molecular weight is 321 g/mol. The van der Waals surface area contributed by atoms with Crippen molar-refractivity contribution in [3.8, 4) is 11.5 Å². The molecule has 0 saturated carbocycles. The van der Waals surface area contributed by atoms with Crippen molar-refractivity contribution in [2.75, 3.05) is 20.8 Å². The van der Waals surface area contributed by atoms with E-state index in [1.165, 1.54) is 0 Å². The molecule has 6 nitrogen and oxygen atoms in total. The van der Waals surface area contributed by atoms with Crippen LogP contribution in [0.15, 0.2) is 18.2 Å². The number of carbonyl (C=O) groups is 2. The fraction of sp³-hybridized carbons (Fsp3) is 0.529. The molecule has 1 heterocycles. The Balaban J connectivity index is 2.20. The van der Waals surface area contributed by atoms with Crippen molar-refractivity contribution in [1.29, 1.82) is 0 Å². The van der Waals surface area contributed by atoms with Gasteiger partial charge in [-0.15, -0.1) is 0 Å². The maximum absolute atomic E-state index is 12.9. The lowest BCUT2D eigenvalue weighted by molar-refractivity contribution is -0.137. The van der Waals surface area contributed by atoms with Crippen LogP contribution in [0.1, 0.15) is 42.5 Å². The van der Waals surface area contributed by atoms with Gasteiger partial charge in [-0.1, -0.05) is 0 Å². The molecule has 0 bridgehead atoms. The summed E-state index contributed by atoms with van der Waals surface area (Å²) in [7, 11) is 3.08. The molecule has 0 aromatic heterocycles. The minimum atomic E-state index is -0.828. The van der Waals surface area contributed by atoms with Gasteiger partial charge in [-0.2, -0.15) is 0 Å². The molecular formula is C17H23NO5. The second-order valence-corrected chi connectivity index (χ2v) is 5.68. The van der Waals surface area contributed by atoms with Crippen molar-refractivity contribution >= 4 is 11.9 Å². The van der Waals surface area contributed by atoms with Crippen LogP contribution in [0.2, 0.25) is 0 Å². The van der Waals surface area contributed by atoms with Gasteiger partial charge in [-0.3, -0.25) is 9.59 Å². The highest BCUT2D eigenvalue weighted by atomic mass is 16.5. The van der Waals surface area contributed by atoms with E-state index >= 15 is 0 Å². The van der Waals surface area contributed by atoms with E-state index in [0.29, 0.717) is 30.0 Å². The molecule has 2 rings (SSSR count). The molecule has 1 aromatic rings.